The monoisotopic (exact) mass is 371 g/mol. The number of halogens is 1. The van der Waals surface area contributed by atoms with Crippen LogP contribution in [0.3, 0.4) is 0 Å². The molecule has 1 heterocycles. The Balaban J connectivity index is 1.59. The van der Waals surface area contributed by atoms with E-state index in [9.17, 15) is 9.59 Å². The highest BCUT2D eigenvalue weighted by molar-refractivity contribution is 6.30. The minimum Gasteiger partial charge on any atom is -0.336 e. The first-order valence-electron chi connectivity index (χ1n) is 8.04. The number of anilines is 1. The van der Waals surface area contributed by atoms with Crippen molar-refractivity contribution in [3.05, 3.63) is 70.1 Å². The molecule has 0 fully saturated rings. The summed E-state index contributed by atoms with van der Waals surface area (Å²) in [4.78, 5) is 24.2. The van der Waals surface area contributed by atoms with Crippen LogP contribution in [0.4, 0.5) is 10.5 Å². The van der Waals surface area contributed by atoms with Crippen molar-refractivity contribution in [3.8, 4) is 11.4 Å². The molecule has 0 saturated heterocycles. The molecule has 8 heteroatoms. The van der Waals surface area contributed by atoms with Crippen molar-refractivity contribution >= 4 is 23.3 Å². The Hall–Kier alpha value is -3.06. The smallest absolute Gasteiger partial charge is 0.336 e. The van der Waals surface area contributed by atoms with Crippen LogP contribution >= 0.6 is 11.6 Å². The topological polar surface area (TPSA) is 81.0 Å². The van der Waals surface area contributed by atoms with E-state index < -0.39 is 0 Å². The van der Waals surface area contributed by atoms with Gasteiger partial charge in [-0.2, -0.15) is 0 Å². The van der Waals surface area contributed by atoms with Crippen molar-refractivity contribution in [3.63, 3.8) is 0 Å². The van der Waals surface area contributed by atoms with Gasteiger partial charge in [-0.1, -0.05) is 41.9 Å². The number of carbonyl (C=O) groups is 1. The molecule has 2 amide bonds. The average molecular weight is 372 g/mol. The molecule has 0 radical (unpaired) electrons. The fraction of sp³-hybridized carbons (Fsp3) is 0.167. The first-order chi connectivity index (χ1) is 12.5. The average Bonchev–Trinajstić information content (AvgIpc) is 2.93. The van der Waals surface area contributed by atoms with Crippen LogP contribution in [0.1, 0.15) is 0 Å². The van der Waals surface area contributed by atoms with E-state index in [4.69, 9.17) is 11.6 Å². The number of hydrogen-bond acceptors (Lipinski definition) is 3. The van der Waals surface area contributed by atoms with Crippen LogP contribution in [0, 0.1) is 0 Å². The summed E-state index contributed by atoms with van der Waals surface area (Å²) < 4.78 is 2.83. The lowest BCUT2D eigenvalue weighted by Gasteiger charge is -2.07. The molecule has 0 unspecified atom stereocenters. The third-order valence-corrected chi connectivity index (χ3v) is 4.04. The Bertz CT molecular complexity index is 948. The van der Waals surface area contributed by atoms with Gasteiger partial charge < -0.3 is 10.6 Å². The number of urea groups is 1. The maximum atomic E-state index is 12.3. The standard InChI is InChI=1S/C18H18ClN5O2/c1-23-16(13-5-3-2-4-6-13)22-24(18(23)26)12-11-20-17(25)21-15-9-7-14(19)8-10-15/h2-10H,11-12H2,1H3,(H2,20,21,25). The lowest BCUT2D eigenvalue weighted by molar-refractivity contribution is 0.251. The van der Waals surface area contributed by atoms with Gasteiger partial charge in [-0.15, -0.1) is 5.10 Å². The van der Waals surface area contributed by atoms with E-state index in [0.29, 0.717) is 16.5 Å². The molecule has 0 spiro atoms. The molecular formula is C18H18ClN5O2. The zero-order valence-electron chi connectivity index (χ0n) is 14.1. The lowest BCUT2D eigenvalue weighted by Crippen LogP contribution is -2.34. The van der Waals surface area contributed by atoms with Gasteiger partial charge in [0.25, 0.3) is 0 Å². The van der Waals surface area contributed by atoms with Crippen molar-refractivity contribution < 1.29 is 4.79 Å². The van der Waals surface area contributed by atoms with Gasteiger partial charge in [0.05, 0.1) is 6.54 Å². The molecule has 3 aromatic rings. The molecule has 3 rings (SSSR count). The SMILES string of the molecule is Cn1c(-c2ccccc2)nn(CCNC(=O)Nc2ccc(Cl)cc2)c1=O. The lowest BCUT2D eigenvalue weighted by atomic mass is 10.2. The normalized spacial score (nSPS) is 10.5. The zero-order valence-corrected chi connectivity index (χ0v) is 14.9. The highest BCUT2D eigenvalue weighted by Crippen LogP contribution is 2.14. The van der Waals surface area contributed by atoms with Gasteiger partial charge in [0.1, 0.15) is 0 Å². The fourth-order valence-electron chi connectivity index (χ4n) is 2.46. The molecule has 1 aromatic heterocycles. The molecule has 0 aliphatic heterocycles. The van der Waals surface area contributed by atoms with Crippen LogP contribution in [0.5, 0.6) is 0 Å². The van der Waals surface area contributed by atoms with Crippen LogP contribution in [0.25, 0.3) is 11.4 Å². The van der Waals surface area contributed by atoms with Crippen LogP contribution in [-0.2, 0) is 13.6 Å². The summed E-state index contributed by atoms with van der Waals surface area (Å²) in [6, 6.07) is 15.9. The summed E-state index contributed by atoms with van der Waals surface area (Å²) in [5.74, 6) is 0.584. The maximum absolute atomic E-state index is 12.3. The second kappa shape index (κ2) is 7.88. The number of benzene rings is 2. The number of nitrogens with zero attached hydrogens (tertiary/aromatic N) is 3. The molecule has 0 saturated carbocycles. The summed E-state index contributed by atoms with van der Waals surface area (Å²) in [7, 11) is 1.68. The van der Waals surface area contributed by atoms with Crippen molar-refractivity contribution in [2.24, 2.45) is 7.05 Å². The van der Waals surface area contributed by atoms with Crippen LogP contribution < -0.4 is 16.3 Å². The summed E-state index contributed by atoms with van der Waals surface area (Å²) in [5, 5.41) is 10.3. The molecule has 0 aliphatic rings. The Labute approximate surface area is 155 Å². The third kappa shape index (κ3) is 4.12. The van der Waals surface area contributed by atoms with Gasteiger partial charge in [-0.05, 0) is 24.3 Å². The molecule has 0 bridgehead atoms. The van der Waals surface area contributed by atoms with Gasteiger partial charge in [-0.25, -0.2) is 14.3 Å². The number of hydrogen-bond donors (Lipinski definition) is 2. The highest BCUT2D eigenvalue weighted by Gasteiger charge is 2.11. The first kappa shape index (κ1) is 17.8. The third-order valence-electron chi connectivity index (χ3n) is 3.78. The van der Waals surface area contributed by atoms with Gasteiger partial charge in [-0.3, -0.25) is 4.57 Å². The van der Waals surface area contributed by atoms with Crippen LogP contribution in [0.15, 0.2) is 59.4 Å². The number of rotatable bonds is 5. The first-order valence-corrected chi connectivity index (χ1v) is 8.42. The maximum Gasteiger partial charge on any atom is 0.345 e. The van der Waals surface area contributed by atoms with Gasteiger partial charge in [0.2, 0.25) is 0 Å². The van der Waals surface area contributed by atoms with E-state index in [1.807, 2.05) is 30.3 Å². The van der Waals surface area contributed by atoms with Gasteiger partial charge in [0, 0.05) is 29.9 Å². The number of aromatic nitrogens is 3. The number of carbonyl (C=O) groups excluding carboxylic acids is 1. The minimum absolute atomic E-state index is 0.233. The molecule has 0 aliphatic carbocycles. The molecule has 2 aromatic carbocycles. The van der Waals surface area contributed by atoms with Crippen LogP contribution in [-0.4, -0.2) is 26.9 Å². The predicted octanol–water partition coefficient (Wildman–Crippen LogP) is 2.72. The van der Waals surface area contributed by atoms with Gasteiger partial charge >= 0.3 is 11.7 Å². The Morgan fingerprint density at radius 1 is 1.12 bits per heavy atom. The molecule has 7 nitrogen and oxygen atoms in total. The molecule has 0 atom stereocenters. The predicted molar refractivity (Wildman–Crippen MR) is 101 cm³/mol. The molecule has 2 N–H and O–H groups in total. The van der Waals surface area contributed by atoms with E-state index in [2.05, 4.69) is 15.7 Å². The molecular weight excluding hydrogens is 354 g/mol. The van der Waals surface area contributed by atoms with Crippen molar-refractivity contribution in [2.45, 2.75) is 6.54 Å². The largest absolute Gasteiger partial charge is 0.345 e. The summed E-state index contributed by atoms with van der Waals surface area (Å²) in [6.07, 6.45) is 0. The minimum atomic E-state index is -0.361. The Morgan fingerprint density at radius 2 is 1.81 bits per heavy atom. The fourth-order valence-corrected chi connectivity index (χ4v) is 2.58. The number of amides is 2. The van der Waals surface area contributed by atoms with E-state index in [1.165, 1.54) is 9.25 Å². The summed E-state index contributed by atoms with van der Waals surface area (Å²) >= 11 is 5.80. The molecule has 26 heavy (non-hydrogen) atoms. The summed E-state index contributed by atoms with van der Waals surface area (Å²) in [6.45, 7) is 0.540. The quantitative estimate of drug-likeness (QED) is 0.723. The van der Waals surface area contributed by atoms with E-state index in [1.54, 1.807) is 31.3 Å². The second-order valence-electron chi connectivity index (χ2n) is 5.64. The zero-order chi connectivity index (χ0) is 18.5. The van der Waals surface area contributed by atoms with Crippen LogP contribution in [0.2, 0.25) is 5.02 Å². The Kier molecular flexibility index (Phi) is 5.38. The van der Waals surface area contributed by atoms with E-state index in [-0.39, 0.29) is 24.8 Å². The van der Waals surface area contributed by atoms with Crippen molar-refractivity contribution in [2.75, 3.05) is 11.9 Å². The van der Waals surface area contributed by atoms with Crippen molar-refractivity contribution in [1.82, 2.24) is 19.7 Å². The molecule has 134 valence electrons. The Morgan fingerprint density at radius 3 is 2.50 bits per heavy atom. The number of nitrogens with one attached hydrogen (secondary N) is 2. The second-order valence-corrected chi connectivity index (χ2v) is 6.08. The van der Waals surface area contributed by atoms with E-state index in [0.717, 1.165) is 5.56 Å². The highest BCUT2D eigenvalue weighted by atomic mass is 35.5. The van der Waals surface area contributed by atoms with E-state index >= 15 is 0 Å². The van der Waals surface area contributed by atoms with Crippen molar-refractivity contribution in [1.29, 1.82) is 0 Å². The van der Waals surface area contributed by atoms with Gasteiger partial charge in [0.15, 0.2) is 5.82 Å². The summed E-state index contributed by atoms with van der Waals surface area (Å²) in [5.41, 5.74) is 1.26.